The smallest absolute Gasteiger partial charge is 0.306 e. The van der Waals surface area contributed by atoms with Crippen LogP contribution in [0.15, 0.2) is 0 Å². The fourth-order valence-corrected chi connectivity index (χ4v) is 9.53. The zero-order chi connectivity index (χ0) is 49.8. The second-order valence-corrected chi connectivity index (χ2v) is 22.8. The highest BCUT2D eigenvalue weighted by Gasteiger charge is 2.19. The Labute approximate surface area is 425 Å². The van der Waals surface area contributed by atoms with Crippen molar-refractivity contribution in [3.05, 3.63) is 0 Å². The van der Waals surface area contributed by atoms with Gasteiger partial charge in [0.15, 0.2) is 6.10 Å². The fourth-order valence-electron chi connectivity index (χ4n) is 9.53. The summed E-state index contributed by atoms with van der Waals surface area (Å²) in [5, 5.41) is 0. The molecule has 1 atom stereocenters. The van der Waals surface area contributed by atoms with Crippen molar-refractivity contribution in [3.8, 4) is 0 Å². The Kier molecular flexibility index (Phi) is 52.0. The van der Waals surface area contributed by atoms with E-state index in [1.165, 1.54) is 225 Å². The van der Waals surface area contributed by atoms with Crippen molar-refractivity contribution in [3.63, 3.8) is 0 Å². The zero-order valence-corrected chi connectivity index (χ0v) is 46.9. The van der Waals surface area contributed by atoms with Crippen LogP contribution in [-0.2, 0) is 28.6 Å². The third kappa shape index (κ3) is 55.3. The van der Waals surface area contributed by atoms with Gasteiger partial charge in [-0.2, -0.15) is 0 Å². The van der Waals surface area contributed by atoms with Crippen molar-refractivity contribution < 1.29 is 28.6 Å². The maximum absolute atomic E-state index is 12.9. The number of hydrogen-bond donors (Lipinski definition) is 0. The van der Waals surface area contributed by atoms with E-state index in [9.17, 15) is 14.4 Å². The fraction of sp³-hybridized carbons (Fsp3) is 0.952. The molecule has 0 saturated carbocycles. The standard InChI is InChI=1S/C62H120O6/c1-56(2)48-42-36-30-24-18-13-11-9-7-8-10-12-14-21-27-33-39-45-51-60(63)66-54-59(68-62(65)53-47-41-35-29-23-17-20-26-32-38-44-50-58(5)6)55-67-61(64)52-46-40-34-28-22-16-15-19-25-31-37-43-49-57(3)4/h56-59H,7-55H2,1-6H3/t59-/m1/s1. The van der Waals surface area contributed by atoms with Gasteiger partial charge >= 0.3 is 17.9 Å². The van der Waals surface area contributed by atoms with E-state index in [-0.39, 0.29) is 31.1 Å². The molecule has 0 heterocycles. The van der Waals surface area contributed by atoms with Gasteiger partial charge in [0, 0.05) is 19.3 Å². The minimum absolute atomic E-state index is 0.0631. The van der Waals surface area contributed by atoms with Gasteiger partial charge in [0.05, 0.1) is 0 Å². The van der Waals surface area contributed by atoms with Crippen LogP contribution in [-0.4, -0.2) is 37.2 Å². The number of rotatable bonds is 55. The summed E-state index contributed by atoms with van der Waals surface area (Å²) in [5.74, 6) is 1.68. The predicted octanol–water partition coefficient (Wildman–Crippen LogP) is 20.3. The average Bonchev–Trinajstić information content (AvgIpc) is 3.30. The van der Waals surface area contributed by atoms with Crippen LogP contribution in [0.4, 0.5) is 0 Å². The van der Waals surface area contributed by atoms with Crippen LogP contribution in [0, 0.1) is 17.8 Å². The van der Waals surface area contributed by atoms with Crippen molar-refractivity contribution in [1.82, 2.24) is 0 Å². The highest BCUT2D eigenvalue weighted by atomic mass is 16.6. The van der Waals surface area contributed by atoms with Gasteiger partial charge < -0.3 is 14.2 Å². The van der Waals surface area contributed by atoms with E-state index in [0.29, 0.717) is 19.3 Å². The monoisotopic (exact) mass is 961 g/mol. The predicted molar refractivity (Wildman–Crippen MR) is 293 cm³/mol. The Bertz CT molecular complexity index is 1050. The molecule has 0 radical (unpaired) electrons. The quantitative estimate of drug-likeness (QED) is 0.0343. The third-order valence-corrected chi connectivity index (χ3v) is 14.1. The molecule has 0 aromatic rings. The molecule has 68 heavy (non-hydrogen) atoms. The molecule has 0 aliphatic rings. The number of unbranched alkanes of at least 4 members (excludes halogenated alkanes) is 38. The van der Waals surface area contributed by atoms with Crippen LogP contribution < -0.4 is 0 Å². The van der Waals surface area contributed by atoms with Crippen molar-refractivity contribution >= 4 is 17.9 Å². The molecule has 0 unspecified atom stereocenters. The van der Waals surface area contributed by atoms with E-state index in [0.717, 1.165) is 75.5 Å². The van der Waals surface area contributed by atoms with Crippen LogP contribution in [0.5, 0.6) is 0 Å². The number of hydrogen-bond acceptors (Lipinski definition) is 6. The minimum atomic E-state index is -0.764. The molecule has 0 spiro atoms. The SMILES string of the molecule is CC(C)CCCCCCCCCCCCCCCCCCCCC(=O)OC[C@H](COC(=O)CCCCCCCCCCCCCCC(C)C)OC(=O)CCCCCCCCCCCCCC(C)C. The van der Waals surface area contributed by atoms with Gasteiger partial charge in [-0.25, -0.2) is 0 Å². The molecule has 0 aromatic carbocycles. The molecule has 0 aliphatic carbocycles. The van der Waals surface area contributed by atoms with Crippen molar-refractivity contribution in [1.29, 1.82) is 0 Å². The molecule has 0 rings (SSSR count). The molecule has 0 bridgehead atoms. The number of carbonyl (C=O) groups excluding carboxylic acids is 3. The summed E-state index contributed by atoms with van der Waals surface area (Å²) in [6.45, 7) is 13.8. The summed E-state index contributed by atoms with van der Waals surface area (Å²) in [6.07, 6.45) is 56.7. The summed E-state index contributed by atoms with van der Waals surface area (Å²) in [6, 6.07) is 0. The van der Waals surface area contributed by atoms with Crippen LogP contribution >= 0.6 is 0 Å². The maximum Gasteiger partial charge on any atom is 0.306 e. The van der Waals surface area contributed by atoms with Gasteiger partial charge in [-0.1, -0.05) is 305 Å². The van der Waals surface area contributed by atoms with Crippen molar-refractivity contribution in [2.45, 2.75) is 349 Å². The molecule has 6 nitrogen and oxygen atoms in total. The van der Waals surface area contributed by atoms with Gasteiger partial charge in [-0.05, 0) is 37.0 Å². The third-order valence-electron chi connectivity index (χ3n) is 14.1. The summed E-state index contributed by atoms with van der Waals surface area (Å²) < 4.78 is 16.9. The Hall–Kier alpha value is -1.59. The lowest BCUT2D eigenvalue weighted by Crippen LogP contribution is -2.30. The first-order chi connectivity index (χ1) is 33.1. The Morgan fingerprint density at radius 1 is 0.250 bits per heavy atom. The lowest BCUT2D eigenvalue weighted by Gasteiger charge is -2.18. The summed E-state index contributed by atoms with van der Waals surface area (Å²) in [7, 11) is 0. The van der Waals surface area contributed by atoms with E-state index in [1.807, 2.05) is 0 Å². The van der Waals surface area contributed by atoms with Gasteiger partial charge in [0.2, 0.25) is 0 Å². The second-order valence-electron chi connectivity index (χ2n) is 22.8. The van der Waals surface area contributed by atoms with E-state index in [1.54, 1.807) is 0 Å². The van der Waals surface area contributed by atoms with E-state index in [2.05, 4.69) is 41.5 Å². The molecule has 0 aliphatic heterocycles. The van der Waals surface area contributed by atoms with E-state index in [4.69, 9.17) is 14.2 Å². The molecule has 0 saturated heterocycles. The Balaban J connectivity index is 4.25. The highest BCUT2D eigenvalue weighted by molar-refractivity contribution is 5.71. The van der Waals surface area contributed by atoms with Crippen LogP contribution in [0.2, 0.25) is 0 Å². The van der Waals surface area contributed by atoms with E-state index < -0.39 is 6.10 Å². The highest BCUT2D eigenvalue weighted by Crippen LogP contribution is 2.19. The lowest BCUT2D eigenvalue weighted by atomic mass is 10.0. The molecular formula is C62H120O6. The minimum Gasteiger partial charge on any atom is -0.462 e. The molecule has 6 heteroatoms. The summed E-state index contributed by atoms with van der Waals surface area (Å²) in [4.78, 5) is 38.2. The molecule has 0 fully saturated rings. The Morgan fingerprint density at radius 2 is 0.426 bits per heavy atom. The molecule has 0 N–H and O–H groups in total. The number of esters is 3. The average molecular weight is 962 g/mol. The number of carbonyl (C=O) groups is 3. The largest absolute Gasteiger partial charge is 0.462 e. The van der Waals surface area contributed by atoms with Crippen LogP contribution in [0.1, 0.15) is 343 Å². The van der Waals surface area contributed by atoms with Gasteiger partial charge in [0.1, 0.15) is 13.2 Å². The molecule has 404 valence electrons. The zero-order valence-electron chi connectivity index (χ0n) is 46.9. The van der Waals surface area contributed by atoms with Crippen LogP contribution in [0.3, 0.4) is 0 Å². The molecule has 0 amide bonds. The van der Waals surface area contributed by atoms with E-state index >= 15 is 0 Å². The summed E-state index contributed by atoms with van der Waals surface area (Å²) in [5.41, 5.74) is 0. The topological polar surface area (TPSA) is 78.9 Å². The second kappa shape index (κ2) is 53.2. The first-order valence-corrected chi connectivity index (χ1v) is 30.6. The van der Waals surface area contributed by atoms with Gasteiger partial charge in [-0.3, -0.25) is 14.4 Å². The van der Waals surface area contributed by atoms with Crippen LogP contribution in [0.25, 0.3) is 0 Å². The Morgan fingerprint density at radius 3 is 0.632 bits per heavy atom. The first kappa shape index (κ1) is 66.4. The molecule has 0 aromatic heterocycles. The van der Waals surface area contributed by atoms with Gasteiger partial charge in [0.25, 0.3) is 0 Å². The normalized spacial score (nSPS) is 12.1. The number of ether oxygens (including phenoxy) is 3. The lowest BCUT2D eigenvalue weighted by molar-refractivity contribution is -0.167. The van der Waals surface area contributed by atoms with Crippen molar-refractivity contribution in [2.75, 3.05) is 13.2 Å². The van der Waals surface area contributed by atoms with Gasteiger partial charge in [-0.15, -0.1) is 0 Å². The molecular weight excluding hydrogens is 841 g/mol. The maximum atomic E-state index is 12.9. The van der Waals surface area contributed by atoms with Crippen molar-refractivity contribution in [2.24, 2.45) is 17.8 Å². The first-order valence-electron chi connectivity index (χ1n) is 30.6. The summed E-state index contributed by atoms with van der Waals surface area (Å²) >= 11 is 0.